The maximum absolute atomic E-state index is 11.5. The largest absolute Gasteiger partial charge is 0.359 e. The lowest BCUT2D eigenvalue weighted by molar-refractivity contribution is 0.327. The molecule has 0 spiro atoms. The van der Waals surface area contributed by atoms with Gasteiger partial charge >= 0.3 is 7.60 Å². The highest BCUT2D eigenvalue weighted by Crippen LogP contribution is 2.40. The fourth-order valence-corrected chi connectivity index (χ4v) is 3.22. The molecule has 0 heterocycles. The molecule has 0 bridgehead atoms. The molecule has 0 saturated heterocycles. The van der Waals surface area contributed by atoms with Crippen LogP contribution in [-0.2, 0) is 19.9 Å². The first-order chi connectivity index (χ1) is 6.49. The van der Waals surface area contributed by atoms with Crippen LogP contribution in [0, 0.1) is 0 Å². The monoisotopic (exact) mass is 234 g/mol. The molecule has 0 aliphatic carbocycles. The summed E-state index contributed by atoms with van der Waals surface area (Å²) in [6, 6.07) is 6.26. The fourth-order valence-electron chi connectivity index (χ4n) is 1.03. The molecule has 0 fully saturated rings. The molecule has 78 valence electrons. The smallest absolute Gasteiger partial charge is 0.321 e. The van der Waals surface area contributed by atoms with E-state index < -0.39 is 18.4 Å². The molecule has 0 aliphatic rings. The van der Waals surface area contributed by atoms with Crippen molar-refractivity contribution in [3.63, 3.8) is 0 Å². The standard InChI is InChI=1S/C8H11O4PS/c1-12-13(9,10)7-5-3-4-6-8(7)14(2)11/h3-6H,1-2H3,(H,9,10)/t14-/m0/s1. The van der Waals surface area contributed by atoms with E-state index in [0.717, 1.165) is 7.11 Å². The van der Waals surface area contributed by atoms with Gasteiger partial charge < -0.3 is 9.42 Å². The Morgan fingerprint density at radius 3 is 2.50 bits per heavy atom. The third-order valence-corrected chi connectivity index (χ3v) is 4.35. The minimum Gasteiger partial charge on any atom is -0.321 e. The molecule has 0 radical (unpaired) electrons. The third-order valence-electron chi connectivity index (χ3n) is 1.73. The average Bonchev–Trinajstić information content (AvgIpc) is 2.18. The van der Waals surface area contributed by atoms with Gasteiger partial charge in [-0.1, -0.05) is 12.1 Å². The molecule has 1 rings (SSSR count). The third kappa shape index (κ3) is 2.30. The van der Waals surface area contributed by atoms with E-state index in [9.17, 15) is 13.7 Å². The van der Waals surface area contributed by atoms with Crippen molar-refractivity contribution in [2.45, 2.75) is 4.90 Å². The molecule has 1 N–H and O–H groups in total. The van der Waals surface area contributed by atoms with E-state index in [4.69, 9.17) is 0 Å². The van der Waals surface area contributed by atoms with E-state index >= 15 is 0 Å². The lowest BCUT2D eigenvalue weighted by Crippen LogP contribution is -2.12. The fraction of sp³-hybridized carbons (Fsp3) is 0.250. The van der Waals surface area contributed by atoms with Gasteiger partial charge in [0.15, 0.2) is 0 Å². The normalized spacial score (nSPS) is 17.4. The summed E-state index contributed by atoms with van der Waals surface area (Å²) in [5.41, 5.74) is 0. The van der Waals surface area contributed by atoms with Gasteiger partial charge in [-0.25, -0.2) is 0 Å². The number of rotatable bonds is 3. The van der Waals surface area contributed by atoms with E-state index in [-0.39, 0.29) is 5.30 Å². The van der Waals surface area contributed by atoms with Crippen LogP contribution in [0.1, 0.15) is 0 Å². The van der Waals surface area contributed by atoms with Crippen molar-refractivity contribution >= 4 is 23.7 Å². The van der Waals surface area contributed by atoms with E-state index in [1.54, 1.807) is 18.2 Å². The van der Waals surface area contributed by atoms with Crippen LogP contribution in [0.3, 0.4) is 0 Å². The Hall–Kier alpha value is -0.480. The second-order valence-electron chi connectivity index (χ2n) is 2.62. The SMILES string of the molecule is COP(=O)(O)c1ccccc1[S@](C)=O. The van der Waals surface area contributed by atoms with Gasteiger partial charge in [0.2, 0.25) is 0 Å². The van der Waals surface area contributed by atoms with Gasteiger partial charge in [0, 0.05) is 13.4 Å². The van der Waals surface area contributed by atoms with Crippen LogP contribution in [-0.4, -0.2) is 22.5 Å². The van der Waals surface area contributed by atoms with Gasteiger partial charge in [-0.2, -0.15) is 0 Å². The Kier molecular flexibility index (Phi) is 3.61. The van der Waals surface area contributed by atoms with E-state index in [1.165, 1.54) is 12.3 Å². The topological polar surface area (TPSA) is 63.6 Å². The molecule has 2 atom stereocenters. The average molecular weight is 234 g/mol. The summed E-state index contributed by atoms with van der Waals surface area (Å²) in [4.78, 5) is 9.76. The predicted octanol–water partition coefficient (Wildman–Crippen LogP) is 0.881. The summed E-state index contributed by atoms with van der Waals surface area (Å²) < 4.78 is 27.3. The minimum absolute atomic E-state index is 0.100. The zero-order valence-corrected chi connectivity index (χ0v) is 9.55. The van der Waals surface area contributed by atoms with E-state index in [1.807, 2.05) is 0 Å². The lowest BCUT2D eigenvalue weighted by Gasteiger charge is -2.11. The van der Waals surface area contributed by atoms with Gasteiger partial charge in [-0.15, -0.1) is 0 Å². The van der Waals surface area contributed by atoms with Crippen molar-refractivity contribution < 1.29 is 18.2 Å². The number of benzene rings is 1. The van der Waals surface area contributed by atoms with E-state index in [2.05, 4.69) is 4.52 Å². The summed E-state index contributed by atoms with van der Waals surface area (Å²) in [5.74, 6) is 0. The molecule has 0 amide bonds. The Morgan fingerprint density at radius 1 is 1.43 bits per heavy atom. The maximum Gasteiger partial charge on any atom is 0.359 e. The molecule has 1 aromatic carbocycles. The van der Waals surface area contributed by atoms with Crippen LogP contribution in [0.5, 0.6) is 0 Å². The molecule has 0 aliphatic heterocycles. The van der Waals surface area contributed by atoms with Crippen molar-refractivity contribution in [2.24, 2.45) is 0 Å². The summed E-state index contributed by atoms with van der Waals surface area (Å²) in [6.07, 6.45) is 1.45. The summed E-state index contributed by atoms with van der Waals surface area (Å²) in [6.45, 7) is 0. The summed E-state index contributed by atoms with van der Waals surface area (Å²) in [7, 11) is -3.96. The van der Waals surface area contributed by atoms with Crippen LogP contribution in [0.4, 0.5) is 0 Å². The van der Waals surface area contributed by atoms with Gasteiger partial charge in [0.05, 0.1) is 21.0 Å². The number of hydrogen-bond acceptors (Lipinski definition) is 3. The van der Waals surface area contributed by atoms with E-state index in [0.29, 0.717) is 4.90 Å². The van der Waals surface area contributed by atoms with Crippen LogP contribution >= 0.6 is 7.60 Å². The van der Waals surface area contributed by atoms with Crippen molar-refractivity contribution in [3.8, 4) is 0 Å². The predicted molar refractivity (Wildman–Crippen MR) is 55.2 cm³/mol. The Bertz CT molecular complexity index is 404. The Labute approximate surface area is 84.9 Å². The Morgan fingerprint density at radius 2 is 2.00 bits per heavy atom. The molecule has 0 aromatic heterocycles. The minimum atomic E-state index is -3.81. The maximum atomic E-state index is 11.5. The molecular formula is C8H11O4PS. The quantitative estimate of drug-likeness (QED) is 0.788. The first-order valence-corrected chi connectivity index (χ1v) is 6.94. The van der Waals surface area contributed by atoms with Crippen molar-refractivity contribution in [2.75, 3.05) is 13.4 Å². The first kappa shape index (κ1) is 11.6. The van der Waals surface area contributed by atoms with Crippen LogP contribution < -0.4 is 5.30 Å². The lowest BCUT2D eigenvalue weighted by atomic mass is 10.4. The summed E-state index contributed by atoms with van der Waals surface area (Å²) >= 11 is 0. The number of hydrogen-bond donors (Lipinski definition) is 1. The molecule has 6 heteroatoms. The van der Waals surface area contributed by atoms with Crippen LogP contribution in [0.15, 0.2) is 29.2 Å². The Balaban J connectivity index is 3.34. The summed E-state index contributed by atoms with van der Waals surface area (Å²) in [5, 5.41) is 0.100. The van der Waals surface area contributed by atoms with Gasteiger partial charge in [0.25, 0.3) is 0 Å². The van der Waals surface area contributed by atoms with Crippen LogP contribution in [0.25, 0.3) is 0 Å². The van der Waals surface area contributed by atoms with Gasteiger partial charge in [-0.3, -0.25) is 8.77 Å². The highest BCUT2D eigenvalue weighted by atomic mass is 32.2. The van der Waals surface area contributed by atoms with Crippen molar-refractivity contribution in [1.29, 1.82) is 0 Å². The highest BCUT2D eigenvalue weighted by molar-refractivity contribution is 7.85. The highest BCUT2D eigenvalue weighted by Gasteiger charge is 2.25. The zero-order chi connectivity index (χ0) is 10.8. The molecule has 14 heavy (non-hydrogen) atoms. The van der Waals surface area contributed by atoms with Gasteiger partial charge in [-0.05, 0) is 12.1 Å². The molecular weight excluding hydrogens is 223 g/mol. The van der Waals surface area contributed by atoms with Crippen molar-refractivity contribution in [1.82, 2.24) is 0 Å². The molecule has 0 saturated carbocycles. The van der Waals surface area contributed by atoms with Crippen LogP contribution in [0.2, 0.25) is 0 Å². The zero-order valence-electron chi connectivity index (χ0n) is 7.84. The van der Waals surface area contributed by atoms with Crippen molar-refractivity contribution in [3.05, 3.63) is 24.3 Å². The van der Waals surface area contributed by atoms with Gasteiger partial charge in [0.1, 0.15) is 0 Å². The second kappa shape index (κ2) is 4.36. The second-order valence-corrected chi connectivity index (χ2v) is 5.86. The molecule has 4 nitrogen and oxygen atoms in total. The first-order valence-electron chi connectivity index (χ1n) is 3.80. The molecule has 1 aromatic rings. The molecule has 1 unspecified atom stereocenters.